The molecule has 0 aromatic heterocycles. The van der Waals surface area contributed by atoms with E-state index >= 15 is 0 Å². The van der Waals surface area contributed by atoms with Gasteiger partial charge < -0.3 is 9.84 Å². The summed E-state index contributed by atoms with van der Waals surface area (Å²) in [4.78, 5) is 0. The van der Waals surface area contributed by atoms with Crippen LogP contribution < -0.4 is 0 Å². The van der Waals surface area contributed by atoms with Crippen molar-refractivity contribution >= 4 is 0 Å². The summed E-state index contributed by atoms with van der Waals surface area (Å²) < 4.78 is 5.77. The molecule has 2 atom stereocenters. The lowest BCUT2D eigenvalue weighted by molar-refractivity contribution is -0.137. The highest BCUT2D eigenvalue weighted by Crippen LogP contribution is 2.29. The average molecular weight is 234 g/mol. The van der Waals surface area contributed by atoms with Crippen molar-refractivity contribution in [1.29, 1.82) is 0 Å². The molecule has 2 heteroatoms. The Labute approximate surface area is 104 Å². The fourth-order valence-corrected chi connectivity index (χ4v) is 2.47. The van der Waals surface area contributed by atoms with Crippen molar-refractivity contribution in [3.63, 3.8) is 0 Å². The second-order valence-electron chi connectivity index (χ2n) is 5.16. The third-order valence-corrected chi connectivity index (χ3v) is 3.75. The first-order chi connectivity index (χ1) is 8.21. The number of benzene rings is 1. The Hall–Kier alpha value is -0.860. The average Bonchev–Trinajstić information content (AvgIpc) is 2.38. The van der Waals surface area contributed by atoms with Gasteiger partial charge >= 0.3 is 0 Å². The van der Waals surface area contributed by atoms with Gasteiger partial charge in [0.15, 0.2) is 0 Å². The molecular formula is C15H22O2. The summed E-state index contributed by atoms with van der Waals surface area (Å²) in [7, 11) is 0. The predicted octanol–water partition coefficient (Wildman–Crippen LogP) is 2.94. The zero-order valence-electron chi connectivity index (χ0n) is 10.6. The highest BCUT2D eigenvalue weighted by atomic mass is 16.5. The van der Waals surface area contributed by atoms with E-state index in [9.17, 15) is 5.11 Å². The molecule has 94 valence electrons. The summed E-state index contributed by atoms with van der Waals surface area (Å²) in [6.45, 7) is 2.83. The van der Waals surface area contributed by atoms with Crippen molar-refractivity contribution < 1.29 is 9.84 Å². The van der Waals surface area contributed by atoms with Gasteiger partial charge in [0.25, 0.3) is 0 Å². The molecule has 0 aliphatic carbocycles. The van der Waals surface area contributed by atoms with Crippen LogP contribution in [0, 0.1) is 0 Å². The van der Waals surface area contributed by atoms with Gasteiger partial charge in [-0.1, -0.05) is 30.3 Å². The summed E-state index contributed by atoms with van der Waals surface area (Å²) >= 11 is 0. The van der Waals surface area contributed by atoms with E-state index in [0.717, 1.165) is 32.3 Å². The lowest BCUT2D eigenvalue weighted by Gasteiger charge is -2.38. The lowest BCUT2D eigenvalue weighted by atomic mass is 9.87. The van der Waals surface area contributed by atoms with Crippen LogP contribution in [0.5, 0.6) is 0 Å². The van der Waals surface area contributed by atoms with E-state index in [-0.39, 0.29) is 11.7 Å². The molecule has 1 aromatic rings. The topological polar surface area (TPSA) is 29.5 Å². The Morgan fingerprint density at radius 3 is 2.71 bits per heavy atom. The number of aliphatic hydroxyl groups excluding tert-OH is 1. The van der Waals surface area contributed by atoms with Crippen LogP contribution in [0.2, 0.25) is 0 Å². The van der Waals surface area contributed by atoms with Crippen LogP contribution in [0.25, 0.3) is 0 Å². The van der Waals surface area contributed by atoms with Gasteiger partial charge in [-0.05, 0) is 44.6 Å². The summed E-state index contributed by atoms with van der Waals surface area (Å²) in [6.07, 6.45) is 4.60. The van der Waals surface area contributed by atoms with Crippen molar-refractivity contribution in [2.24, 2.45) is 0 Å². The van der Waals surface area contributed by atoms with Crippen molar-refractivity contribution in [2.45, 2.75) is 50.7 Å². The fraction of sp³-hybridized carbons (Fsp3) is 0.600. The fourth-order valence-electron chi connectivity index (χ4n) is 2.47. The third kappa shape index (κ3) is 3.30. The Morgan fingerprint density at radius 2 is 2.06 bits per heavy atom. The molecule has 0 amide bonds. The molecule has 1 aromatic carbocycles. The Balaban J connectivity index is 1.86. The van der Waals surface area contributed by atoms with Gasteiger partial charge in [-0.25, -0.2) is 0 Å². The highest BCUT2D eigenvalue weighted by Gasteiger charge is 2.35. The molecule has 1 saturated heterocycles. The van der Waals surface area contributed by atoms with Crippen LogP contribution in [-0.4, -0.2) is 23.4 Å². The van der Waals surface area contributed by atoms with Crippen molar-refractivity contribution in [3.05, 3.63) is 35.9 Å². The summed E-state index contributed by atoms with van der Waals surface area (Å²) in [5, 5.41) is 10.3. The molecule has 1 heterocycles. The first-order valence-corrected chi connectivity index (χ1v) is 6.57. The SMILES string of the molecule is CC1(C(O)CCc2ccccc2)CCCCO1. The molecular weight excluding hydrogens is 212 g/mol. The van der Waals surface area contributed by atoms with Crippen LogP contribution >= 0.6 is 0 Å². The molecule has 2 unspecified atom stereocenters. The minimum atomic E-state index is -0.358. The predicted molar refractivity (Wildman–Crippen MR) is 69.0 cm³/mol. The second-order valence-corrected chi connectivity index (χ2v) is 5.16. The normalized spacial score (nSPS) is 26.7. The molecule has 1 aliphatic heterocycles. The van der Waals surface area contributed by atoms with E-state index < -0.39 is 0 Å². The van der Waals surface area contributed by atoms with Crippen LogP contribution in [0.15, 0.2) is 30.3 Å². The smallest absolute Gasteiger partial charge is 0.0912 e. The molecule has 0 radical (unpaired) electrons. The number of ether oxygens (including phenoxy) is 1. The van der Waals surface area contributed by atoms with E-state index in [1.54, 1.807) is 0 Å². The maximum atomic E-state index is 10.3. The zero-order valence-corrected chi connectivity index (χ0v) is 10.6. The monoisotopic (exact) mass is 234 g/mol. The molecule has 2 rings (SSSR count). The van der Waals surface area contributed by atoms with E-state index in [1.165, 1.54) is 12.0 Å². The van der Waals surface area contributed by atoms with Gasteiger partial charge in [-0.2, -0.15) is 0 Å². The third-order valence-electron chi connectivity index (χ3n) is 3.75. The molecule has 2 nitrogen and oxygen atoms in total. The number of hydrogen-bond acceptors (Lipinski definition) is 2. The quantitative estimate of drug-likeness (QED) is 0.868. The number of aliphatic hydroxyl groups is 1. The Morgan fingerprint density at radius 1 is 1.29 bits per heavy atom. The van der Waals surface area contributed by atoms with Gasteiger partial charge in [-0.3, -0.25) is 0 Å². The molecule has 1 fully saturated rings. The minimum Gasteiger partial charge on any atom is -0.390 e. The number of rotatable bonds is 4. The van der Waals surface area contributed by atoms with Gasteiger partial charge in [0.05, 0.1) is 11.7 Å². The minimum absolute atomic E-state index is 0.326. The second kappa shape index (κ2) is 5.65. The molecule has 17 heavy (non-hydrogen) atoms. The van der Waals surface area contributed by atoms with Crippen molar-refractivity contribution in [2.75, 3.05) is 6.61 Å². The van der Waals surface area contributed by atoms with E-state index in [1.807, 2.05) is 25.1 Å². The van der Waals surface area contributed by atoms with Crippen LogP contribution in [0.4, 0.5) is 0 Å². The largest absolute Gasteiger partial charge is 0.390 e. The maximum absolute atomic E-state index is 10.3. The Bertz CT molecular complexity index is 328. The lowest BCUT2D eigenvalue weighted by Crippen LogP contribution is -2.44. The van der Waals surface area contributed by atoms with Gasteiger partial charge in [0.1, 0.15) is 0 Å². The molecule has 0 bridgehead atoms. The van der Waals surface area contributed by atoms with Crippen LogP contribution in [0.1, 0.15) is 38.2 Å². The molecule has 1 N–H and O–H groups in total. The first-order valence-electron chi connectivity index (χ1n) is 6.57. The Kier molecular flexibility index (Phi) is 4.19. The van der Waals surface area contributed by atoms with Crippen molar-refractivity contribution in [1.82, 2.24) is 0 Å². The van der Waals surface area contributed by atoms with Gasteiger partial charge in [0, 0.05) is 6.61 Å². The van der Waals surface area contributed by atoms with Crippen LogP contribution in [-0.2, 0) is 11.2 Å². The summed E-state index contributed by atoms with van der Waals surface area (Å²) in [5.74, 6) is 0. The van der Waals surface area contributed by atoms with Crippen molar-refractivity contribution in [3.8, 4) is 0 Å². The summed E-state index contributed by atoms with van der Waals surface area (Å²) in [5.41, 5.74) is 0.957. The van der Waals surface area contributed by atoms with Gasteiger partial charge in [0.2, 0.25) is 0 Å². The number of hydrogen-bond donors (Lipinski definition) is 1. The first kappa shape index (κ1) is 12.6. The molecule has 0 saturated carbocycles. The van der Waals surface area contributed by atoms with E-state index in [2.05, 4.69) is 12.1 Å². The number of aryl methyl sites for hydroxylation is 1. The van der Waals surface area contributed by atoms with E-state index in [4.69, 9.17) is 4.74 Å². The molecule has 1 aliphatic rings. The summed E-state index contributed by atoms with van der Waals surface area (Å²) in [6, 6.07) is 10.3. The van der Waals surface area contributed by atoms with Crippen LogP contribution in [0.3, 0.4) is 0 Å². The maximum Gasteiger partial charge on any atom is 0.0912 e. The zero-order chi connectivity index (χ0) is 12.1. The highest BCUT2D eigenvalue weighted by molar-refractivity contribution is 5.14. The molecule has 0 spiro atoms. The standard InChI is InChI=1S/C15H22O2/c1-15(11-5-6-12-17-15)14(16)10-9-13-7-3-2-4-8-13/h2-4,7-8,14,16H,5-6,9-12H2,1H3. The van der Waals surface area contributed by atoms with E-state index in [0.29, 0.717) is 0 Å². The van der Waals surface area contributed by atoms with Gasteiger partial charge in [-0.15, -0.1) is 0 Å².